The van der Waals surface area contributed by atoms with Crippen LogP contribution in [0.15, 0.2) is 47.1 Å². The van der Waals surface area contributed by atoms with Gasteiger partial charge >= 0.3 is 0 Å². The van der Waals surface area contributed by atoms with E-state index in [0.29, 0.717) is 22.9 Å². The lowest BCUT2D eigenvalue weighted by Gasteiger charge is -2.04. The predicted molar refractivity (Wildman–Crippen MR) is 78.5 cm³/mol. The molecular formula is C14H11N3O2S. The van der Waals surface area contributed by atoms with E-state index in [2.05, 4.69) is 9.97 Å². The summed E-state index contributed by atoms with van der Waals surface area (Å²) in [5.74, 6) is 1.48. The lowest BCUT2D eigenvalue weighted by atomic mass is 10.2. The Balaban J connectivity index is 1.97. The minimum absolute atomic E-state index is 0.158. The Bertz CT molecular complexity index is 755. The minimum Gasteiger partial charge on any atom is -0.481 e. The lowest BCUT2D eigenvalue weighted by molar-refractivity contribution is 0.294. The van der Waals surface area contributed by atoms with Gasteiger partial charge in [-0.1, -0.05) is 24.4 Å². The molecule has 3 rings (SSSR count). The van der Waals surface area contributed by atoms with Gasteiger partial charge in [0.1, 0.15) is 17.2 Å². The van der Waals surface area contributed by atoms with Gasteiger partial charge < -0.3 is 14.9 Å². The number of fused-ring (bicyclic) bond motifs is 1. The molecule has 2 N–H and O–H groups in total. The number of benzene rings is 1. The van der Waals surface area contributed by atoms with Crippen LogP contribution in [0.4, 0.5) is 0 Å². The van der Waals surface area contributed by atoms with Crippen molar-refractivity contribution in [2.45, 2.75) is 6.61 Å². The van der Waals surface area contributed by atoms with Gasteiger partial charge in [0.25, 0.3) is 0 Å². The van der Waals surface area contributed by atoms with Gasteiger partial charge in [0.05, 0.1) is 5.39 Å². The maximum atomic E-state index is 5.75. The highest BCUT2D eigenvalue weighted by Gasteiger charge is 2.17. The van der Waals surface area contributed by atoms with Crippen molar-refractivity contribution in [2.24, 2.45) is 5.73 Å². The number of nitrogens with two attached hydrogens (primary N) is 1. The first-order valence-corrected chi connectivity index (χ1v) is 6.36. The van der Waals surface area contributed by atoms with E-state index in [0.717, 1.165) is 5.39 Å². The highest BCUT2D eigenvalue weighted by Crippen LogP contribution is 2.33. The Labute approximate surface area is 120 Å². The SMILES string of the molecule is NC(=S)c1oc2ccccc2c1OCc1ncccn1. The van der Waals surface area contributed by atoms with Crippen LogP contribution < -0.4 is 10.5 Å². The van der Waals surface area contributed by atoms with E-state index in [1.54, 1.807) is 18.5 Å². The third-order valence-corrected chi connectivity index (χ3v) is 2.92. The zero-order valence-electron chi connectivity index (χ0n) is 10.4. The molecule has 0 aliphatic heterocycles. The van der Waals surface area contributed by atoms with Gasteiger partial charge in [-0.2, -0.15) is 0 Å². The summed E-state index contributed by atoms with van der Waals surface area (Å²) in [6, 6.07) is 9.24. The van der Waals surface area contributed by atoms with Crippen molar-refractivity contribution in [3.8, 4) is 5.75 Å². The summed E-state index contributed by atoms with van der Waals surface area (Å²) < 4.78 is 11.4. The summed E-state index contributed by atoms with van der Waals surface area (Å²) in [5.41, 5.74) is 6.35. The van der Waals surface area contributed by atoms with Crippen LogP contribution in [0.1, 0.15) is 11.6 Å². The standard InChI is InChI=1S/C14H11N3O2S/c15-14(20)13-12(9-4-1-2-5-10(9)19-13)18-8-11-16-6-3-7-17-11/h1-7H,8H2,(H2,15,20). The van der Waals surface area contributed by atoms with Crippen LogP contribution in [0.2, 0.25) is 0 Å². The first-order valence-electron chi connectivity index (χ1n) is 5.96. The average Bonchev–Trinajstić information content (AvgIpc) is 2.85. The smallest absolute Gasteiger partial charge is 0.204 e. The first kappa shape index (κ1) is 12.6. The number of furan rings is 1. The monoisotopic (exact) mass is 285 g/mol. The summed E-state index contributed by atoms with van der Waals surface area (Å²) in [7, 11) is 0. The van der Waals surface area contributed by atoms with E-state index in [1.807, 2.05) is 24.3 Å². The molecule has 0 unspecified atom stereocenters. The maximum Gasteiger partial charge on any atom is 0.204 e. The van der Waals surface area contributed by atoms with Crippen molar-refractivity contribution in [3.63, 3.8) is 0 Å². The third-order valence-electron chi connectivity index (χ3n) is 2.74. The molecule has 100 valence electrons. The summed E-state index contributed by atoms with van der Waals surface area (Å²) in [6.45, 7) is 0.222. The molecule has 0 amide bonds. The molecule has 6 heteroatoms. The van der Waals surface area contributed by atoms with Crippen LogP contribution in [-0.4, -0.2) is 15.0 Å². The third kappa shape index (κ3) is 2.33. The largest absolute Gasteiger partial charge is 0.481 e. The van der Waals surface area contributed by atoms with Gasteiger partial charge in [0.15, 0.2) is 11.6 Å². The molecule has 5 nitrogen and oxygen atoms in total. The van der Waals surface area contributed by atoms with E-state index >= 15 is 0 Å². The molecule has 0 aliphatic rings. The fourth-order valence-electron chi connectivity index (χ4n) is 1.87. The summed E-state index contributed by atoms with van der Waals surface area (Å²) in [6.07, 6.45) is 3.32. The fourth-order valence-corrected chi connectivity index (χ4v) is 2.00. The van der Waals surface area contributed by atoms with Crippen molar-refractivity contribution in [2.75, 3.05) is 0 Å². The number of nitrogens with zero attached hydrogens (tertiary/aromatic N) is 2. The number of thiocarbonyl (C=S) groups is 1. The average molecular weight is 285 g/mol. The van der Waals surface area contributed by atoms with Crippen LogP contribution in [0.5, 0.6) is 5.75 Å². The molecular weight excluding hydrogens is 274 g/mol. The molecule has 2 heterocycles. The molecule has 1 aromatic carbocycles. The Kier molecular flexibility index (Phi) is 3.30. The van der Waals surface area contributed by atoms with E-state index in [-0.39, 0.29) is 11.6 Å². The molecule has 0 atom stereocenters. The predicted octanol–water partition coefficient (Wildman–Crippen LogP) is 2.44. The maximum absolute atomic E-state index is 5.75. The molecule has 0 radical (unpaired) electrons. The quantitative estimate of drug-likeness (QED) is 0.742. The summed E-state index contributed by atoms with van der Waals surface area (Å²) in [5, 5.41) is 0.825. The molecule has 3 aromatic rings. The normalized spacial score (nSPS) is 10.6. The summed E-state index contributed by atoms with van der Waals surface area (Å²) in [4.78, 5) is 8.36. The topological polar surface area (TPSA) is 74.2 Å². The van der Waals surface area contributed by atoms with Crippen LogP contribution >= 0.6 is 12.2 Å². The van der Waals surface area contributed by atoms with Gasteiger partial charge in [0.2, 0.25) is 5.76 Å². The van der Waals surface area contributed by atoms with E-state index in [9.17, 15) is 0 Å². The van der Waals surface area contributed by atoms with Crippen LogP contribution in [-0.2, 0) is 6.61 Å². The number of para-hydroxylation sites is 1. The number of hydrogen-bond donors (Lipinski definition) is 1. The van der Waals surface area contributed by atoms with Gasteiger partial charge in [-0.05, 0) is 18.2 Å². The van der Waals surface area contributed by atoms with Gasteiger partial charge in [-0.3, -0.25) is 0 Å². The molecule has 2 aromatic heterocycles. The van der Waals surface area contributed by atoms with Gasteiger partial charge in [0, 0.05) is 12.4 Å². The molecule has 0 saturated carbocycles. The van der Waals surface area contributed by atoms with Crippen LogP contribution in [0.3, 0.4) is 0 Å². The van der Waals surface area contributed by atoms with Crippen molar-refractivity contribution in [3.05, 3.63) is 54.3 Å². The molecule has 0 fully saturated rings. The van der Waals surface area contributed by atoms with E-state index < -0.39 is 0 Å². The first-order chi connectivity index (χ1) is 9.75. The number of rotatable bonds is 4. The van der Waals surface area contributed by atoms with Crippen molar-refractivity contribution in [1.82, 2.24) is 9.97 Å². The highest BCUT2D eigenvalue weighted by atomic mass is 32.1. The number of aromatic nitrogens is 2. The lowest BCUT2D eigenvalue weighted by Crippen LogP contribution is -2.10. The van der Waals surface area contributed by atoms with Crippen LogP contribution in [0.25, 0.3) is 11.0 Å². The zero-order valence-corrected chi connectivity index (χ0v) is 11.3. The second-order valence-corrected chi connectivity index (χ2v) is 4.51. The van der Waals surface area contributed by atoms with Crippen molar-refractivity contribution >= 4 is 28.2 Å². The second-order valence-electron chi connectivity index (χ2n) is 4.07. The fraction of sp³-hybridized carbons (Fsp3) is 0.0714. The number of hydrogen-bond acceptors (Lipinski definition) is 5. The summed E-state index contributed by atoms with van der Waals surface area (Å²) >= 11 is 4.99. The molecule has 0 aliphatic carbocycles. The molecule has 0 spiro atoms. The Hall–Kier alpha value is -2.47. The Morgan fingerprint density at radius 1 is 1.20 bits per heavy atom. The van der Waals surface area contributed by atoms with Crippen LogP contribution in [0, 0.1) is 0 Å². The van der Waals surface area contributed by atoms with Gasteiger partial charge in [-0.15, -0.1) is 0 Å². The van der Waals surface area contributed by atoms with Crippen molar-refractivity contribution in [1.29, 1.82) is 0 Å². The van der Waals surface area contributed by atoms with E-state index in [4.69, 9.17) is 27.1 Å². The Morgan fingerprint density at radius 3 is 2.70 bits per heavy atom. The highest BCUT2D eigenvalue weighted by molar-refractivity contribution is 7.80. The number of ether oxygens (including phenoxy) is 1. The molecule has 0 bridgehead atoms. The van der Waals surface area contributed by atoms with E-state index in [1.165, 1.54) is 0 Å². The second kappa shape index (κ2) is 5.26. The molecule has 20 heavy (non-hydrogen) atoms. The minimum atomic E-state index is 0.158. The molecule has 0 saturated heterocycles. The Morgan fingerprint density at radius 2 is 1.95 bits per heavy atom. The van der Waals surface area contributed by atoms with Gasteiger partial charge in [-0.25, -0.2) is 9.97 Å². The zero-order chi connectivity index (χ0) is 13.9. The van der Waals surface area contributed by atoms with Crippen molar-refractivity contribution < 1.29 is 9.15 Å².